The van der Waals surface area contributed by atoms with E-state index in [0.29, 0.717) is 35.8 Å². The van der Waals surface area contributed by atoms with Gasteiger partial charge in [0, 0.05) is 33.9 Å². The second-order valence-corrected chi connectivity index (χ2v) is 8.01. The number of aromatic hydroxyl groups is 2. The van der Waals surface area contributed by atoms with Crippen molar-refractivity contribution in [3.63, 3.8) is 0 Å². The van der Waals surface area contributed by atoms with Crippen molar-refractivity contribution in [1.29, 1.82) is 0 Å². The number of rotatable bonds is 13. The van der Waals surface area contributed by atoms with Gasteiger partial charge in [-0.15, -0.1) is 0 Å². The van der Waals surface area contributed by atoms with Crippen LogP contribution in [-0.2, 0) is 0 Å². The highest BCUT2D eigenvalue weighted by atomic mass is 79.9. The smallest absolute Gasteiger partial charge is 0.128 e. The van der Waals surface area contributed by atoms with Crippen LogP contribution in [0.5, 0.6) is 23.0 Å². The lowest BCUT2D eigenvalue weighted by atomic mass is 10.2. The zero-order valence-corrected chi connectivity index (χ0v) is 19.8. The SMILES string of the molecule is Oc1cc(OCCCCBr)ccc1/C=N/N=C/c1ccc(OCCCCBr)cc1O. The van der Waals surface area contributed by atoms with Crippen LogP contribution in [-0.4, -0.2) is 46.5 Å². The third-order valence-electron chi connectivity index (χ3n) is 4.06. The summed E-state index contributed by atoms with van der Waals surface area (Å²) in [5.74, 6) is 1.36. The zero-order valence-electron chi connectivity index (χ0n) is 16.6. The minimum Gasteiger partial charge on any atom is -0.507 e. The third kappa shape index (κ3) is 8.75. The summed E-state index contributed by atoms with van der Waals surface area (Å²) in [6.07, 6.45) is 6.86. The van der Waals surface area contributed by atoms with Crippen molar-refractivity contribution in [2.75, 3.05) is 23.9 Å². The van der Waals surface area contributed by atoms with E-state index in [0.717, 1.165) is 36.3 Å². The molecule has 8 heteroatoms. The molecular formula is C22H26Br2N2O4. The molecule has 2 rings (SSSR count). The molecule has 6 nitrogen and oxygen atoms in total. The quantitative estimate of drug-likeness (QED) is 0.148. The highest BCUT2D eigenvalue weighted by molar-refractivity contribution is 9.09. The Kier molecular flexibility index (Phi) is 11.3. The van der Waals surface area contributed by atoms with Gasteiger partial charge >= 0.3 is 0 Å². The fraction of sp³-hybridized carbons (Fsp3) is 0.364. The molecule has 30 heavy (non-hydrogen) atoms. The molecule has 0 amide bonds. The van der Waals surface area contributed by atoms with Crippen molar-refractivity contribution < 1.29 is 19.7 Å². The largest absolute Gasteiger partial charge is 0.507 e. The second-order valence-electron chi connectivity index (χ2n) is 6.42. The van der Waals surface area contributed by atoms with Crippen molar-refractivity contribution in [2.24, 2.45) is 10.2 Å². The van der Waals surface area contributed by atoms with E-state index < -0.39 is 0 Å². The number of phenolic OH excluding ortho intramolecular Hbond substituents is 2. The molecule has 0 heterocycles. The topological polar surface area (TPSA) is 83.6 Å². The molecule has 0 unspecified atom stereocenters. The van der Waals surface area contributed by atoms with Crippen LogP contribution in [0.4, 0.5) is 0 Å². The molecule has 0 atom stereocenters. The van der Waals surface area contributed by atoms with Gasteiger partial charge in [0.2, 0.25) is 0 Å². The van der Waals surface area contributed by atoms with Gasteiger partial charge in [-0.1, -0.05) is 31.9 Å². The maximum Gasteiger partial charge on any atom is 0.128 e. The summed E-state index contributed by atoms with van der Waals surface area (Å²) in [5, 5.41) is 30.0. The summed E-state index contributed by atoms with van der Waals surface area (Å²) in [5.41, 5.74) is 1.05. The first kappa shape index (κ1) is 24.2. The molecule has 0 radical (unpaired) electrons. The van der Waals surface area contributed by atoms with E-state index in [1.807, 2.05) is 0 Å². The van der Waals surface area contributed by atoms with Gasteiger partial charge in [0.15, 0.2) is 0 Å². The Morgan fingerprint density at radius 2 is 1.13 bits per heavy atom. The average molecular weight is 542 g/mol. The Labute approximate surface area is 193 Å². The lowest BCUT2D eigenvalue weighted by Gasteiger charge is -2.07. The molecule has 0 aliphatic carbocycles. The number of phenols is 2. The minimum absolute atomic E-state index is 0.0659. The third-order valence-corrected chi connectivity index (χ3v) is 5.18. The van der Waals surface area contributed by atoms with Crippen LogP contribution in [0, 0.1) is 0 Å². The van der Waals surface area contributed by atoms with E-state index in [4.69, 9.17) is 9.47 Å². The predicted octanol–water partition coefficient (Wildman–Crippen LogP) is 5.66. The Bertz CT molecular complexity index is 774. The van der Waals surface area contributed by atoms with E-state index in [9.17, 15) is 10.2 Å². The highest BCUT2D eigenvalue weighted by Gasteiger charge is 2.03. The Morgan fingerprint density at radius 1 is 0.700 bits per heavy atom. The van der Waals surface area contributed by atoms with E-state index in [-0.39, 0.29) is 11.5 Å². The molecule has 0 aliphatic rings. The maximum absolute atomic E-state index is 10.1. The molecule has 2 aromatic rings. The molecule has 2 N–H and O–H groups in total. The summed E-state index contributed by atoms with van der Waals surface area (Å²) < 4.78 is 11.2. The molecule has 0 spiro atoms. The van der Waals surface area contributed by atoms with E-state index in [1.54, 1.807) is 36.4 Å². The van der Waals surface area contributed by atoms with Gasteiger partial charge in [0.1, 0.15) is 23.0 Å². The standard InChI is InChI=1S/C22H26Br2N2O4/c23-9-1-3-11-29-19-7-5-17(21(27)13-19)15-25-26-16-18-6-8-20(14-22(18)28)30-12-4-2-10-24/h5-8,13-16,27-28H,1-4,9-12H2/b25-15+,26-16+. The maximum atomic E-state index is 10.1. The van der Waals surface area contributed by atoms with Gasteiger partial charge in [-0.05, 0) is 49.9 Å². The molecule has 2 aromatic carbocycles. The molecule has 0 bridgehead atoms. The normalized spacial score (nSPS) is 11.4. The number of ether oxygens (including phenoxy) is 2. The van der Waals surface area contributed by atoms with Gasteiger partial charge in [-0.3, -0.25) is 0 Å². The molecule has 0 aromatic heterocycles. The van der Waals surface area contributed by atoms with Gasteiger partial charge in [-0.2, -0.15) is 10.2 Å². The van der Waals surface area contributed by atoms with E-state index in [1.165, 1.54) is 12.4 Å². The van der Waals surface area contributed by atoms with Crippen LogP contribution in [0.15, 0.2) is 46.6 Å². The van der Waals surface area contributed by atoms with Crippen molar-refractivity contribution in [2.45, 2.75) is 25.7 Å². The van der Waals surface area contributed by atoms with Crippen molar-refractivity contribution in [3.8, 4) is 23.0 Å². The van der Waals surface area contributed by atoms with Crippen molar-refractivity contribution in [1.82, 2.24) is 0 Å². The number of halogens is 2. The van der Waals surface area contributed by atoms with Crippen LogP contribution >= 0.6 is 31.9 Å². The van der Waals surface area contributed by atoms with Gasteiger partial charge < -0.3 is 19.7 Å². The average Bonchev–Trinajstić information content (AvgIpc) is 2.74. The molecule has 0 fully saturated rings. The van der Waals surface area contributed by atoms with Crippen LogP contribution < -0.4 is 9.47 Å². The van der Waals surface area contributed by atoms with Crippen molar-refractivity contribution >= 4 is 44.3 Å². The number of benzene rings is 2. The fourth-order valence-corrected chi connectivity index (χ4v) is 3.20. The summed E-state index contributed by atoms with van der Waals surface area (Å²) >= 11 is 6.76. The first-order valence-corrected chi connectivity index (χ1v) is 12.0. The highest BCUT2D eigenvalue weighted by Crippen LogP contribution is 2.24. The monoisotopic (exact) mass is 540 g/mol. The number of hydrogen-bond donors (Lipinski definition) is 2. The van der Waals surface area contributed by atoms with Gasteiger partial charge in [0.05, 0.1) is 25.6 Å². The molecule has 0 aliphatic heterocycles. The first-order valence-electron chi connectivity index (χ1n) is 9.74. The molecule has 0 saturated carbocycles. The number of alkyl halides is 2. The summed E-state index contributed by atoms with van der Waals surface area (Å²) in [6.45, 7) is 1.21. The van der Waals surface area contributed by atoms with Gasteiger partial charge in [-0.25, -0.2) is 0 Å². The lowest BCUT2D eigenvalue weighted by molar-refractivity contribution is 0.308. The number of unbranched alkanes of at least 4 members (excludes halogenated alkanes) is 2. The van der Waals surface area contributed by atoms with Crippen molar-refractivity contribution in [3.05, 3.63) is 47.5 Å². The first-order chi connectivity index (χ1) is 14.6. The van der Waals surface area contributed by atoms with Crippen LogP contribution in [0.1, 0.15) is 36.8 Å². The Balaban J connectivity index is 1.88. The molecule has 0 saturated heterocycles. The predicted molar refractivity (Wildman–Crippen MR) is 128 cm³/mol. The molecule has 162 valence electrons. The van der Waals surface area contributed by atoms with Crippen LogP contribution in [0.3, 0.4) is 0 Å². The van der Waals surface area contributed by atoms with Crippen LogP contribution in [0.2, 0.25) is 0 Å². The van der Waals surface area contributed by atoms with Gasteiger partial charge in [0.25, 0.3) is 0 Å². The number of hydrogen-bond acceptors (Lipinski definition) is 6. The summed E-state index contributed by atoms with van der Waals surface area (Å²) in [4.78, 5) is 0. The summed E-state index contributed by atoms with van der Waals surface area (Å²) in [6, 6.07) is 10.1. The van der Waals surface area contributed by atoms with E-state index >= 15 is 0 Å². The second kappa shape index (κ2) is 14.0. The van der Waals surface area contributed by atoms with Crippen LogP contribution in [0.25, 0.3) is 0 Å². The fourth-order valence-electron chi connectivity index (χ4n) is 2.41. The lowest BCUT2D eigenvalue weighted by Crippen LogP contribution is -1.98. The minimum atomic E-state index is 0.0659. The summed E-state index contributed by atoms with van der Waals surface area (Å²) in [7, 11) is 0. The molecular weight excluding hydrogens is 516 g/mol. The Hall–Kier alpha value is -2.06. The van der Waals surface area contributed by atoms with E-state index in [2.05, 4.69) is 42.1 Å². The number of nitrogens with zero attached hydrogens (tertiary/aromatic N) is 2. The zero-order chi connectivity index (χ0) is 21.6. The Morgan fingerprint density at radius 3 is 1.50 bits per heavy atom.